The topological polar surface area (TPSA) is 94.4 Å². The van der Waals surface area contributed by atoms with Crippen molar-refractivity contribution < 1.29 is 14.7 Å². The average molecular weight is 338 g/mol. The van der Waals surface area contributed by atoms with E-state index < -0.39 is 18.0 Å². The summed E-state index contributed by atoms with van der Waals surface area (Å²) in [7, 11) is 0. The molecular weight excluding hydrogens is 320 g/mol. The van der Waals surface area contributed by atoms with Gasteiger partial charge in [0.05, 0.1) is 11.4 Å². The number of rotatable bonds is 4. The van der Waals surface area contributed by atoms with Gasteiger partial charge in [0.25, 0.3) is 0 Å². The molecule has 0 radical (unpaired) electrons. The lowest BCUT2D eigenvalue weighted by Crippen LogP contribution is -2.42. The van der Waals surface area contributed by atoms with Gasteiger partial charge < -0.3 is 15.3 Å². The van der Waals surface area contributed by atoms with Crippen LogP contribution in [0, 0.1) is 0 Å². The number of anilines is 1. The molecule has 0 bridgehead atoms. The highest BCUT2D eigenvalue weighted by Crippen LogP contribution is 2.22. The number of azo groups is 1. The summed E-state index contributed by atoms with van der Waals surface area (Å²) in [5.74, 6) is -0.968. The Morgan fingerprint density at radius 3 is 2.28 bits per heavy atom. The zero-order valence-electron chi connectivity index (χ0n) is 13.5. The summed E-state index contributed by atoms with van der Waals surface area (Å²) < 4.78 is 0. The molecule has 0 aromatic heterocycles. The van der Waals surface area contributed by atoms with E-state index in [1.165, 1.54) is 4.90 Å². The summed E-state index contributed by atoms with van der Waals surface area (Å²) in [4.78, 5) is 24.7. The van der Waals surface area contributed by atoms with E-state index in [0.29, 0.717) is 30.8 Å². The lowest BCUT2D eigenvalue weighted by Gasteiger charge is -2.21. The van der Waals surface area contributed by atoms with Crippen LogP contribution >= 0.6 is 0 Å². The zero-order chi connectivity index (χ0) is 17.6. The van der Waals surface area contributed by atoms with Crippen LogP contribution < -0.4 is 5.32 Å². The van der Waals surface area contributed by atoms with Crippen LogP contribution in [-0.2, 0) is 4.79 Å². The second-order valence-corrected chi connectivity index (χ2v) is 5.70. The van der Waals surface area contributed by atoms with E-state index in [-0.39, 0.29) is 0 Å². The monoisotopic (exact) mass is 338 g/mol. The first-order valence-corrected chi connectivity index (χ1v) is 8.01. The highest BCUT2D eigenvalue weighted by atomic mass is 16.4. The number of likely N-dealkylation sites (tertiary alicyclic amines) is 1. The van der Waals surface area contributed by atoms with Crippen LogP contribution in [0.5, 0.6) is 0 Å². The van der Waals surface area contributed by atoms with Crippen molar-refractivity contribution in [1.29, 1.82) is 0 Å². The Labute approximate surface area is 145 Å². The number of nitrogens with zero attached hydrogens (tertiary/aromatic N) is 3. The maximum atomic E-state index is 12.2. The van der Waals surface area contributed by atoms with Crippen molar-refractivity contribution in [2.24, 2.45) is 10.2 Å². The third-order valence-corrected chi connectivity index (χ3v) is 3.95. The standard InChI is InChI=1S/C18H18N4O3/c23-17(24)16-7-4-12-22(16)18(25)19-13-8-10-15(11-9-13)21-20-14-5-2-1-3-6-14/h1-3,5-6,8-11,16H,4,7,12H2,(H,19,25)(H,23,24)/t16-/m0/s1. The lowest BCUT2D eigenvalue weighted by atomic mass is 10.2. The molecule has 3 rings (SSSR count). The molecule has 25 heavy (non-hydrogen) atoms. The van der Waals surface area contributed by atoms with Crippen LogP contribution in [0.4, 0.5) is 21.9 Å². The number of carbonyl (C=O) groups is 2. The summed E-state index contributed by atoms with van der Waals surface area (Å²) in [5, 5.41) is 20.1. The molecule has 1 aliphatic heterocycles. The Morgan fingerprint density at radius 2 is 1.64 bits per heavy atom. The van der Waals surface area contributed by atoms with E-state index in [0.717, 1.165) is 5.69 Å². The van der Waals surface area contributed by atoms with Crippen molar-refractivity contribution in [3.8, 4) is 0 Å². The maximum Gasteiger partial charge on any atom is 0.326 e. The second-order valence-electron chi connectivity index (χ2n) is 5.70. The molecule has 2 N–H and O–H groups in total. The molecule has 2 amide bonds. The first-order chi connectivity index (χ1) is 12.1. The van der Waals surface area contributed by atoms with Gasteiger partial charge in [-0.3, -0.25) is 0 Å². The van der Waals surface area contributed by atoms with Crippen molar-refractivity contribution in [1.82, 2.24) is 4.90 Å². The minimum Gasteiger partial charge on any atom is -0.480 e. The molecule has 2 aromatic carbocycles. The highest BCUT2D eigenvalue weighted by molar-refractivity contribution is 5.92. The number of carbonyl (C=O) groups excluding carboxylic acids is 1. The third kappa shape index (κ3) is 4.20. The number of hydrogen-bond donors (Lipinski definition) is 2. The molecule has 0 spiro atoms. The number of benzene rings is 2. The normalized spacial score (nSPS) is 17.0. The number of nitrogens with one attached hydrogen (secondary N) is 1. The molecular formula is C18H18N4O3. The number of amides is 2. The van der Waals surface area contributed by atoms with Gasteiger partial charge in [0.2, 0.25) is 0 Å². The fourth-order valence-corrected chi connectivity index (χ4v) is 2.68. The summed E-state index contributed by atoms with van der Waals surface area (Å²) in [6.07, 6.45) is 1.19. The van der Waals surface area contributed by atoms with Gasteiger partial charge in [-0.15, -0.1) is 0 Å². The summed E-state index contributed by atoms with van der Waals surface area (Å²) in [6, 6.07) is 15.1. The number of aliphatic carboxylic acids is 1. The van der Waals surface area contributed by atoms with Crippen LogP contribution in [0.25, 0.3) is 0 Å². The van der Waals surface area contributed by atoms with Crippen LogP contribution in [0.2, 0.25) is 0 Å². The molecule has 1 heterocycles. The van der Waals surface area contributed by atoms with Crippen LogP contribution in [-0.4, -0.2) is 34.6 Å². The Bertz CT molecular complexity index is 775. The van der Waals surface area contributed by atoms with Crippen LogP contribution in [0.3, 0.4) is 0 Å². The first kappa shape index (κ1) is 16.6. The van der Waals surface area contributed by atoms with Crippen molar-refractivity contribution in [2.45, 2.75) is 18.9 Å². The molecule has 1 atom stereocenters. The first-order valence-electron chi connectivity index (χ1n) is 8.01. The fraction of sp³-hybridized carbons (Fsp3) is 0.222. The minimum atomic E-state index is -0.968. The lowest BCUT2D eigenvalue weighted by molar-refractivity contribution is -0.141. The van der Waals surface area contributed by atoms with Crippen molar-refractivity contribution in [2.75, 3.05) is 11.9 Å². The molecule has 2 aromatic rings. The molecule has 7 nitrogen and oxygen atoms in total. The van der Waals surface area contributed by atoms with Crippen molar-refractivity contribution >= 4 is 29.1 Å². The molecule has 128 valence electrons. The van der Waals surface area contributed by atoms with Gasteiger partial charge >= 0.3 is 12.0 Å². The maximum absolute atomic E-state index is 12.2. The van der Waals surface area contributed by atoms with Crippen molar-refractivity contribution in [3.05, 3.63) is 54.6 Å². The van der Waals surface area contributed by atoms with Gasteiger partial charge in [0.1, 0.15) is 6.04 Å². The molecule has 0 saturated carbocycles. The predicted octanol–water partition coefficient (Wildman–Crippen LogP) is 4.18. The van der Waals surface area contributed by atoms with E-state index in [1.54, 1.807) is 24.3 Å². The van der Waals surface area contributed by atoms with Crippen LogP contribution in [0.1, 0.15) is 12.8 Å². The summed E-state index contributed by atoms with van der Waals surface area (Å²) in [5.41, 5.74) is 2.00. The summed E-state index contributed by atoms with van der Waals surface area (Å²) in [6.45, 7) is 0.451. The van der Waals surface area contributed by atoms with Gasteiger partial charge in [-0.1, -0.05) is 18.2 Å². The van der Waals surface area contributed by atoms with Gasteiger partial charge in [0, 0.05) is 12.2 Å². The summed E-state index contributed by atoms with van der Waals surface area (Å²) >= 11 is 0. The van der Waals surface area contributed by atoms with E-state index in [1.807, 2.05) is 30.3 Å². The van der Waals surface area contributed by atoms with Gasteiger partial charge in [0.15, 0.2) is 0 Å². The number of urea groups is 1. The average Bonchev–Trinajstić information content (AvgIpc) is 3.12. The number of carboxylic acids is 1. The second kappa shape index (κ2) is 7.57. The number of hydrogen-bond acceptors (Lipinski definition) is 4. The van der Waals surface area contributed by atoms with E-state index in [9.17, 15) is 9.59 Å². The minimum absolute atomic E-state index is 0.399. The molecule has 7 heteroatoms. The third-order valence-electron chi connectivity index (χ3n) is 3.95. The Balaban J connectivity index is 1.62. The fourth-order valence-electron chi connectivity index (χ4n) is 2.68. The van der Waals surface area contributed by atoms with Crippen molar-refractivity contribution in [3.63, 3.8) is 0 Å². The van der Waals surface area contributed by atoms with Gasteiger partial charge in [-0.05, 0) is 49.2 Å². The SMILES string of the molecule is O=C(O)[C@@H]1CCCN1C(=O)Nc1ccc(N=Nc2ccccc2)cc1. The largest absolute Gasteiger partial charge is 0.480 e. The number of carboxylic acid groups (broad SMARTS) is 1. The van der Waals surface area contributed by atoms with E-state index in [2.05, 4.69) is 15.5 Å². The Morgan fingerprint density at radius 1 is 1.00 bits per heavy atom. The van der Waals surface area contributed by atoms with E-state index >= 15 is 0 Å². The predicted molar refractivity (Wildman–Crippen MR) is 93.4 cm³/mol. The zero-order valence-corrected chi connectivity index (χ0v) is 13.5. The highest BCUT2D eigenvalue weighted by Gasteiger charge is 2.33. The molecule has 0 unspecified atom stereocenters. The Kier molecular flexibility index (Phi) is 5.03. The van der Waals surface area contributed by atoms with Gasteiger partial charge in [-0.2, -0.15) is 10.2 Å². The molecule has 1 aliphatic rings. The Hall–Kier alpha value is -3.22. The van der Waals surface area contributed by atoms with E-state index in [4.69, 9.17) is 5.11 Å². The quantitative estimate of drug-likeness (QED) is 0.819. The molecule has 1 saturated heterocycles. The molecule has 0 aliphatic carbocycles. The van der Waals surface area contributed by atoms with Crippen LogP contribution in [0.15, 0.2) is 64.8 Å². The smallest absolute Gasteiger partial charge is 0.326 e. The van der Waals surface area contributed by atoms with Gasteiger partial charge in [-0.25, -0.2) is 9.59 Å². The molecule has 1 fully saturated rings.